The van der Waals surface area contributed by atoms with Crippen molar-refractivity contribution >= 4 is 33.4 Å². The van der Waals surface area contributed by atoms with Gasteiger partial charge in [0.05, 0.1) is 16.8 Å². The fourth-order valence-corrected chi connectivity index (χ4v) is 6.27. The fraction of sp³-hybridized carbons (Fsp3) is 0.500. The summed E-state index contributed by atoms with van der Waals surface area (Å²) >= 11 is 1.73. The van der Waals surface area contributed by atoms with E-state index in [2.05, 4.69) is 34.8 Å². The Morgan fingerprint density at radius 2 is 2.06 bits per heavy atom. The van der Waals surface area contributed by atoms with Crippen LogP contribution in [0.3, 0.4) is 0 Å². The molecule has 1 aliphatic carbocycles. The maximum Gasteiger partial charge on any atom is 0.271 e. The second-order valence-electron chi connectivity index (χ2n) is 9.89. The minimum atomic E-state index is -0.983. The van der Waals surface area contributed by atoms with Crippen LogP contribution in [0.25, 0.3) is 10.2 Å². The van der Waals surface area contributed by atoms with Gasteiger partial charge in [0.25, 0.3) is 5.91 Å². The summed E-state index contributed by atoms with van der Waals surface area (Å²) in [4.78, 5) is 34.9. The molecule has 4 heterocycles. The Labute approximate surface area is 199 Å². The Bertz CT molecular complexity index is 1180. The molecule has 0 radical (unpaired) electrons. The first-order valence-electron chi connectivity index (χ1n) is 12.0. The number of pyridine rings is 1. The van der Waals surface area contributed by atoms with Gasteiger partial charge in [0.2, 0.25) is 5.91 Å². The molecule has 7 heteroatoms. The summed E-state index contributed by atoms with van der Waals surface area (Å²) in [6, 6.07) is 8.18. The molecule has 0 saturated heterocycles. The largest absolute Gasteiger partial charge is 0.351 e. The monoisotopic (exact) mass is 464 g/mol. The van der Waals surface area contributed by atoms with Gasteiger partial charge in [-0.05, 0) is 68.7 Å². The predicted octanol–water partition coefficient (Wildman–Crippen LogP) is 4.77. The van der Waals surface area contributed by atoms with Crippen LogP contribution in [-0.4, -0.2) is 37.8 Å². The average Bonchev–Trinajstić information content (AvgIpc) is 3.37. The first kappa shape index (κ1) is 22.1. The molecule has 5 rings (SSSR count). The van der Waals surface area contributed by atoms with E-state index in [0.717, 1.165) is 47.9 Å². The maximum absolute atomic E-state index is 13.8. The molecule has 3 aromatic rings. The minimum Gasteiger partial charge on any atom is -0.351 e. The first-order valence-corrected chi connectivity index (χ1v) is 12.8. The molecule has 33 heavy (non-hydrogen) atoms. The molecule has 174 valence electrons. The van der Waals surface area contributed by atoms with Crippen LogP contribution in [0, 0.1) is 5.92 Å². The number of aromatic nitrogens is 2. The number of rotatable bonds is 5. The van der Waals surface area contributed by atoms with E-state index in [1.807, 2.05) is 25.1 Å². The van der Waals surface area contributed by atoms with E-state index in [1.54, 1.807) is 28.6 Å². The zero-order chi connectivity index (χ0) is 23.2. The lowest BCUT2D eigenvalue weighted by Crippen LogP contribution is -2.64. The normalized spacial score (nSPS) is 25.3. The number of hydrogen-bond acceptors (Lipinski definition) is 4. The van der Waals surface area contributed by atoms with Gasteiger partial charge in [-0.2, -0.15) is 0 Å². The van der Waals surface area contributed by atoms with Crippen molar-refractivity contribution in [3.63, 3.8) is 0 Å². The molecule has 1 saturated carbocycles. The first-order chi connectivity index (χ1) is 15.9. The molecule has 0 aromatic carbocycles. The summed E-state index contributed by atoms with van der Waals surface area (Å²) in [7, 11) is 0. The Morgan fingerprint density at radius 3 is 2.76 bits per heavy atom. The van der Waals surface area contributed by atoms with Gasteiger partial charge < -0.3 is 14.8 Å². The number of thiophene rings is 1. The fourth-order valence-electron chi connectivity index (χ4n) is 5.23. The minimum absolute atomic E-state index is 0.0577. The third-order valence-corrected chi connectivity index (χ3v) is 8.63. The van der Waals surface area contributed by atoms with E-state index in [0.29, 0.717) is 24.7 Å². The van der Waals surface area contributed by atoms with Crippen molar-refractivity contribution in [2.45, 2.75) is 77.5 Å². The van der Waals surface area contributed by atoms with Gasteiger partial charge in [-0.25, -0.2) is 0 Å². The van der Waals surface area contributed by atoms with Crippen molar-refractivity contribution < 1.29 is 9.59 Å². The second kappa shape index (κ2) is 8.60. The van der Waals surface area contributed by atoms with Gasteiger partial charge in [0, 0.05) is 29.9 Å². The molecule has 1 N–H and O–H groups in total. The lowest BCUT2D eigenvalue weighted by molar-refractivity contribution is -0.134. The van der Waals surface area contributed by atoms with Gasteiger partial charge in [-0.1, -0.05) is 19.9 Å². The van der Waals surface area contributed by atoms with Crippen LogP contribution < -0.4 is 5.32 Å². The van der Waals surface area contributed by atoms with Crippen LogP contribution in [0.1, 0.15) is 67.4 Å². The summed E-state index contributed by atoms with van der Waals surface area (Å²) in [6.45, 7) is 7.15. The van der Waals surface area contributed by atoms with Gasteiger partial charge in [-0.15, -0.1) is 11.3 Å². The number of carbonyl (C=O) groups excluding carboxylic acids is 2. The van der Waals surface area contributed by atoms with Gasteiger partial charge in [0.1, 0.15) is 11.2 Å². The zero-order valence-electron chi connectivity index (χ0n) is 19.6. The SMILES string of the molecule is CCc1cc2c(cc3n2C[C@@](C)(C(=O)NC2CCC(C)CC2)N(Cc2cccnc2)C3=O)s1. The van der Waals surface area contributed by atoms with Crippen molar-refractivity contribution in [2.24, 2.45) is 5.92 Å². The van der Waals surface area contributed by atoms with Crippen molar-refractivity contribution in [3.05, 3.63) is 52.8 Å². The summed E-state index contributed by atoms with van der Waals surface area (Å²) < 4.78 is 3.18. The molecular weight excluding hydrogens is 432 g/mol. The highest BCUT2D eigenvalue weighted by molar-refractivity contribution is 7.19. The van der Waals surface area contributed by atoms with Crippen molar-refractivity contribution in [2.75, 3.05) is 0 Å². The Balaban J connectivity index is 1.52. The molecule has 0 bridgehead atoms. The number of nitrogens with one attached hydrogen (secondary N) is 1. The highest BCUT2D eigenvalue weighted by Gasteiger charge is 2.48. The van der Waals surface area contributed by atoms with Gasteiger partial charge in [0.15, 0.2) is 0 Å². The predicted molar refractivity (Wildman–Crippen MR) is 131 cm³/mol. The molecule has 1 fully saturated rings. The highest BCUT2D eigenvalue weighted by Crippen LogP contribution is 2.37. The Hall–Kier alpha value is -2.67. The molecule has 3 aromatic heterocycles. The number of amides is 2. The van der Waals surface area contributed by atoms with E-state index < -0.39 is 5.54 Å². The molecule has 0 unspecified atom stereocenters. The third kappa shape index (κ3) is 3.97. The third-order valence-electron chi connectivity index (χ3n) is 7.42. The molecule has 2 amide bonds. The molecule has 6 nitrogen and oxygen atoms in total. The molecule has 0 spiro atoms. The number of aryl methyl sites for hydroxylation is 1. The molecular formula is C26H32N4O2S. The van der Waals surface area contributed by atoms with E-state index in [1.165, 1.54) is 4.88 Å². The Morgan fingerprint density at radius 1 is 1.27 bits per heavy atom. The second-order valence-corrected chi connectivity index (χ2v) is 11.1. The van der Waals surface area contributed by atoms with Crippen LogP contribution in [0.15, 0.2) is 36.7 Å². The lowest BCUT2D eigenvalue weighted by atomic mass is 9.86. The Kier molecular flexibility index (Phi) is 5.77. The van der Waals surface area contributed by atoms with Crippen LogP contribution in [0.5, 0.6) is 0 Å². The van der Waals surface area contributed by atoms with Crippen molar-refractivity contribution in [1.82, 2.24) is 19.8 Å². The molecule has 2 aliphatic rings. The van der Waals surface area contributed by atoms with Crippen LogP contribution in [0.2, 0.25) is 0 Å². The summed E-state index contributed by atoms with van der Waals surface area (Å²) in [5, 5.41) is 3.31. The number of nitrogens with zero attached hydrogens (tertiary/aromatic N) is 3. The van der Waals surface area contributed by atoms with Crippen molar-refractivity contribution in [1.29, 1.82) is 0 Å². The van der Waals surface area contributed by atoms with Crippen molar-refractivity contribution in [3.8, 4) is 0 Å². The molecule has 1 aliphatic heterocycles. The quantitative estimate of drug-likeness (QED) is 0.591. The zero-order valence-corrected chi connectivity index (χ0v) is 20.5. The van der Waals surface area contributed by atoms with E-state index >= 15 is 0 Å². The van der Waals surface area contributed by atoms with Gasteiger partial charge >= 0.3 is 0 Å². The highest BCUT2D eigenvalue weighted by atomic mass is 32.1. The average molecular weight is 465 g/mol. The van der Waals surface area contributed by atoms with Crippen LogP contribution in [-0.2, 0) is 24.3 Å². The topological polar surface area (TPSA) is 67.2 Å². The van der Waals surface area contributed by atoms with E-state index in [4.69, 9.17) is 0 Å². The summed E-state index contributed by atoms with van der Waals surface area (Å²) in [5.74, 6) is 0.563. The maximum atomic E-state index is 13.8. The number of fused-ring (bicyclic) bond motifs is 3. The van der Waals surface area contributed by atoms with Crippen LogP contribution in [0.4, 0.5) is 0 Å². The number of hydrogen-bond donors (Lipinski definition) is 1. The summed E-state index contributed by atoms with van der Waals surface area (Å²) in [5.41, 5.74) is 1.67. The van der Waals surface area contributed by atoms with E-state index in [9.17, 15) is 9.59 Å². The number of carbonyl (C=O) groups is 2. The smallest absolute Gasteiger partial charge is 0.271 e. The standard InChI is InChI=1S/C26H32N4O2S/c1-4-20-12-21-23(33-20)13-22-24(31)30(15-18-6-5-11-27-14-18)26(3,16-29(21)22)25(32)28-19-9-7-17(2)8-10-19/h5-6,11-14,17,19H,4,7-10,15-16H2,1-3H3,(H,28,32)/t17?,19?,26-/m0/s1. The van der Waals surface area contributed by atoms with Crippen LogP contribution >= 0.6 is 11.3 Å². The van der Waals surface area contributed by atoms with E-state index in [-0.39, 0.29) is 17.9 Å². The lowest BCUT2D eigenvalue weighted by Gasteiger charge is -2.45. The van der Waals surface area contributed by atoms with Gasteiger partial charge in [-0.3, -0.25) is 14.6 Å². The summed E-state index contributed by atoms with van der Waals surface area (Å²) in [6.07, 6.45) is 8.74. The molecule has 1 atom stereocenters.